The first-order valence-electron chi connectivity index (χ1n) is 4.72. The molecule has 0 saturated heterocycles. The number of carboxylic acid groups (broad SMARTS) is 1. The number of methoxy groups -OCH3 is 1. The van der Waals surface area contributed by atoms with Gasteiger partial charge in [-0.2, -0.15) is 0 Å². The van der Waals surface area contributed by atoms with Crippen LogP contribution in [-0.4, -0.2) is 26.6 Å². The zero-order valence-corrected chi connectivity index (χ0v) is 10.3. The highest BCUT2D eigenvalue weighted by molar-refractivity contribution is 7.89. The van der Waals surface area contributed by atoms with E-state index in [1.54, 1.807) is 4.83 Å². The fourth-order valence-electron chi connectivity index (χ4n) is 1.24. The Bertz CT molecular complexity index is 580. The Morgan fingerprint density at radius 1 is 1.50 bits per heavy atom. The number of carbonyl (C=O) groups is 1. The van der Waals surface area contributed by atoms with Crippen molar-refractivity contribution in [3.8, 4) is 5.75 Å². The SMILES string of the molecule is COc1ccc(/C=C/C(=O)O)cc1S(=O)(=O)NN. The lowest BCUT2D eigenvalue weighted by molar-refractivity contribution is -0.131. The number of hydrogen-bond donors (Lipinski definition) is 3. The van der Waals surface area contributed by atoms with E-state index in [4.69, 9.17) is 15.7 Å². The lowest BCUT2D eigenvalue weighted by Gasteiger charge is -2.09. The van der Waals surface area contributed by atoms with Crippen LogP contribution in [0.3, 0.4) is 0 Å². The number of benzene rings is 1. The molecular weight excluding hydrogens is 260 g/mol. The maximum absolute atomic E-state index is 11.6. The summed E-state index contributed by atoms with van der Waals surface area (Å²) in [5, 5.41) is 8.49. The number of carboxylic acids is 1. The van der Waals surface area contributed by atoms with Crippen LogP contribution in [0.15, 0.2) is 29.2 Å². The van der Waals surface area contributed by atoms with Crippen LogP contribution < -0.4 is 15.4 Å². The molecule has 0 aliphatic heterocycles. The molecule has 4 N–H and O–H groups in total. The molecule has 0 aromatic heterocycles. The topological polar surface area (TPSA) is 119 Å². The summed E-state index contributed by atoms with van der Waals surface area (Å²) in [6, 6.07) is 4.19. The molecule has 18 heavy (non-hydrogen) atoms. The van der Waals surface area contributed by atoms with Crippen molar-refractivity contribution >= 4 is 22.1 Å². The number of rotatable bonds is 5. The molecule has 0 radical (unpaired) electrons. The molecule has 0 saturated carbocycles. The summed E-state index contributed by atoms with van der Waals surface area (Å²) in [4.78, 5) is 11.9. The van der Waals surface area contributed by atoms with Crippen LogP contribution in [0.2, 0.25) is 0 Å². The molecule has 1 aromatic rings. The summed E-state index contributed by atoms with van der Waals surface area (Å²) in [6.45, 7) is 0. The number of hydrazine groups is 1. The molecule has 0 atom stereocenters. The minimum atomic E-state index is -3.88. The van der Waals surface area contributed by atoms with E-state index in [-0.39, 0.29) is 10.6 Å². The van der Waals surface area contributed by atoms with Gasteiger partial charge in [-0.1, -0.05) is 6.07 Å². The van der Waals surface area contributed by atoms with Gasteiger partial charge in [0.25, 0.3) is 10.0 Å². The predicted octanol–water partition coefficient (Wildman–Crippen LogP) is -0.0550. The van der Waals surface area contributed by atoms with Gasteiger partial charge < -0.3 is 9.84 Å². The first-order chi connectivity index (χ1) is 8.40. The van der Waals surface area contributed by atoms with Crippen molar-refractivity contribution in [3.05, 3.63) is 29.8 Å². The van der Waals surface area contributed by atoms with Gasteiger partial charge in [0.05, 0.1) is 7.11 Å². The van der Waals surface area contributed by atoms with Gasteiger partial charge in [-0.15, -0.1) is 4.83 Å². The second kappa shape index (κ2) is 5.63. The van der Waals surface area contributed by atoms with Crippen molar-refractivity contribution in [1.82, 2.24) is 4.83 Å². The molecule has 1 rings (SSSR count). The largest absolute Gasteiger partial charge is 0.495 e. The maximum atomic E-state index is 11.6. The van der Waals surface area contributed by atoms with E-state index in [2.05, 4.69) is 0 Å². The zero-order chi connectivity index (χ0) is 13.8. The van der Waals surface area contributed by atoms with E-state index in [0.717, 1.165) is 6.08 Å². The number of nitrogens with one attached hydrogen (secondary N) is 1. The summed E-state index contributed by atoms with van der Waals surface area (Å²) >= 11 is 0. The zero-order valence-electron chi connectivity index (χ0n) is 9.45. The first-order valence-corrected chi connectivity index (χ1v) is 6.20. The Kier molecular flexibility index (Phi) is 4.43. The smallest absolute Gasteiger partial charge is 0.328 e. The summed E-state index contributed by atoms with van der Waals surface area (Å²) < 4.78 is 28.1. The fourth-order valence-corrected chi connectivity index (χ4v) is 2.07. The monoisotopic (exact) mass is 272 g/mol. The average Bonchev–Trinajstić information content (AvgIpc) is 2.36. The van der Waals surface area contributed by atoms with Gasteiger partial charge >= 0.3 is 5.97 Å². The van der Waals surface area contributed by atoms with Crippen molar-refractivity contribution in [1.29, 1.82) is 0 Å². The Labute approximate surface area is 104 Å². The first kappa shape index (κ1) is 14.2. The van der Waals surface area contributed by atoms with Crippen LogP contribution in [0.4, 0.5) is 0 Å². The number of sulfonamides is 1. The molecule has 0 heterocycles. The van der Waals surface area contributed by atoms with Crippen molar-refractivity contribution < 1.29 is 23.1 Å². The highest BCUT2D eigenvalue weighted by Gasteiger charge is 2.18. The van der Waals surface area contributed by atoms with Crippen molar-refractivity contribution in [2.45, 2.75) is 4.90 Å². The highest BCUT2D eigenvalue weighted by atomic mass is 32.2. The van der Waals surface area contributed by atoms with E-state index < -0.39 is 16.0 Å². The summed E-state index contributed by atoms with van der Waals surface area (Å²) in [5.41, 5.74) is 0.395. The predicted molar refractivity (Wildman–Crippen MR) is 64.2 cm³/mol. The van der Waals surface area contributed by atoms with Gasteiger partial charge in [0.15, 0.2) is 0 Å². The van der Waals surface area contributed by atoms with Gasteiger partial charge in [0, 0.05) is 6.08 Å². The van der Waals surface area contributed by atoms with Gasteiger partial charge in [-0.3, -0.25) is 5.84 Å². The van der Waals surface area contributed by atoms with E-state index in [9.17, 15) is 13.2 Å². The summed E-state index contributed by atoms with van der Waals surface area (Å²) in [6.07, 6.45) is 2.16. The van der Waals surface area contributed by atoms with Gasteiger partial charge in [-0.05, 0) is 23.8 Å². The molecule has 1 aromatic carbocycles. The van der Waals surface area contributed by atoms with E-state index in [1.807, 2.05) is 0 Å². The molecular formula is C10H12N2O5S. The third kappa shape index (κ3) is 3.29. The van der Waals surface area contributed by atoms with E-state index in [1.165, 1.54) is 31.4 Å². The third-order valence-electron chi connectivity index (χ3n) is 2.05. The van der Waals surface area contributed by atoms with E-state index in [0.29, 0.717) is 5.56 Å². The van der Waals surface area contributed by atoms with Crippen molar-refractivity contribution in [2.24, 2.45) is 5.84 Å². The number of ether oxygens (including phenoxy) is 1. The van der Waals surface area contributed by atoms with Crippen LogP contribution in [-0.2, 0) is 14.8 Å². The minimum absolute atomic E-state index is 0.112. The van der Waals surface area contributed by atoms with Crippen LogP contribution in [0.25, 0.3) is 6.08 Å². The lowest BCUT2D eigenvalue weighted by atomic mass is 10.2. The molecule has 0 unspecified atom stereocenters. The van der Waals surface area contributed by atoms with E-state index >= 15 is 0 Å². The highest BCUT2D eigenvalue weighted by Crippen LogP contribution is 2.24. The quantitative estimate of drug-likeness (QED) is 0.392. The van der Waals surface area contributed by atoms with Gasteiger partial charge in [0.2, 0.25) is 0 Å². The Morgan fingerprint density at radius 3 is 2.67 bits per heavy atom. The lowest BCUT2D eigenvalue weighted by Crippen LogP contribution is -2.30. The van der Waals surface area contributed by atoms with Gasteiger partial charge in [-0.25, -0.2) is 13.2 Å². The third-order valence-corrected chi connectivity index (χ3v) is 3.26. The number of nitrogens with two attached hydrogens (primary N) is 1. The fraction of sp³-hybridized carbons (Fsp3) is 0.100. The van der Waals surface area contributed by atoms with Crippen molar-refractivity contribution in [3.63, 3.8) is 0 Å². The molecule has 98 valence electrons. The second-order valence-corrected chi connectivity index (χ2v) is 4.89. The Hall–Kier alpha value is -1.90. The molecule has 0 aliphatic carbocycles. The molecule has 0 spiro atoms. The van der Waals surface area contributed by atoms with Crippen LogP contribution in [0.1, 0.15) is 5.56 Å². The average molecular weight is 272 g/mol. The molecule has 0 fully saturated rings. The van der Waals surface area contributed by atoms with Crippen molar-refractivity contribution in [2.75, 3.05) is 7.11 Å². The molecule has 0 amide bonds. The molecule has 0 bridgehead atoms. The summed E-state index contributed by atoms with van der Waals surface area (Å²) in [7, 11) is -2.56. The normalized spacial score (nSPS) is 11.7. The standard InChI is InChI=1S/C10H12N2O5S/c1-17-8-4-2-7(3-5-10(13)14)6-9(8)18(15,16)12-11/h2-6,12H,11H2,1H3,(H,13,14)/b5-3+. The van der Waals surface area contributed by atoms with Crippen LogP contribution in [0, 0.1) is 0 Å². The van der Waals surface area contributed by atoms with Crippen LogP contribution in [0.5, 0.6) is 5.75 Å². The maximum Gasteiger partial charge on any atom is 0.328 e. The number of aliphatic carboxylic acids is 1. The molecule has 0 aliphatic rings. The minimum Gasteiger partial charge on any atom is -0.495 e. The second-order valence-electron chi connectivity index (χ2n) is 3.20. The van der Waals surface area contributed by atoms with Crippen LogP contribution >= 0.6 is 0 Å². The number of hydrogen-bond acceptors (Lipinski definition) is 5. The Morgan fingerprint density at radius 2 is 2.17 bits per heavy atom. The van der Waals surface area contributed by atoms with Gasteiger partial charge in [0.1, 0.15) is 10.6 Å². The summed E-state index contributed by atoms with van der Waals surface area (Å²) in [5.74, 6) is 3.91. The molecule has 7 nitrogen and oxygen atoms in total. The molecule has 8 heteroatoms. The Balaban J connectivity index is 3.31.